The van der Waals surface area contributed by atoms with Crippen LogP contribution in [0.2, 0.25) is 5.02 Å². The van der Waals surface area contributed by atoms with Crippen LogP contribution >= 0.6 is 11.6 Å². The summed E-state index contributed by atoms with van der Waals surface area (Å²) in [5.74, 6) is 1.52. The molecule has 2 aromatic rings. The largest absolute Gasteiger partial charge is 0.329 e. The van der Waals surface area contributed by atoms with Gasteiger partial charge < -0.3 is 10.2 Å². The van der Waals surface area contributed by atoms with Gasteiger partial charge in [-0.3, -0.25) is 0 Å². The molecule has 0 fully saturated rings. The number of hydrogen-bond acceptors (Lipinski definition) is 3. The van der Waals surface area contributed by atoms with Gasteiger partial charge in [-0.05, 0) is 36.2 Å². The van der Waals surface area contributed by atoms with Gasteiger partial charge in [-0.2, -0.15) is 0 Å². The molecule has 1 aromatic carbocycles. The van der Waals surface area contributed by atoms with Crippen molar-refractivity contribution in [3.8, 4) is 0 Å². The van der Waals surface area contributed by atoms with Crippen molar-refractivity contribution in [2.24, 2.45) is 5.92 Å². The molecule has 1 N–H and O–H groups in total. The van der Waals surface area contributed by atoms with Crippen molar-refractivity contribution in [2.75, 3.05) is 18.5 Å². The van der Waals surface area contributed by atoms with Crippen LogP contribution in [-0.2, 0) is 6.54 Å². The zero-order valence-electron chi connectivity index (χ0n) is 12.8. The Morgan fingerprint density at radius 2 is 1.95 bits per heavy atom. The fourth-order valence-corrected chi connectivity index (χ4v) is 2.24. The summed E-state index contributed by atoms with van der Waals surface area (Å²) in [4.78, 5) is 6.48. The fourth-order valence-electron chi connectivity index (χ4n) is 2.07. The monoisotopic (exact) mass is 303 g/mol. The molecule has 0 radical (unpaired) electrons. The molecule has 0 aliphatic heterocycles. The van der Waals surface area contributed by atoms with Crippen LogP contribution in [0.5, 0.6) is 0 Å². The van der Waals surface area contributed by atoms with Gasteiger partial charge in [0.15, 0.2) is 0 Å². The van der Waals surface area contributed by atoms with Crippen LogP contribution in [0.15, 0.2) is 42.6 Å². The number of nitrogens with one attached hydrogen (secondary N) is 1. The number of anilines is 2. The second-order valence-electron chi connectivity index (χ2n) is 5.55. The van der Waals surface area contributed by atoms with Crippen molar-refractivity contribution in [3.05, 3.63) is 53.2 Å². The summed E-state index contributed by atoms with van der Waals surface area (Å²) in [6.45, 7) is 6.11. The maximum atomic E-state index is 6.24. The van der Waals surface area contributed by atoms with Crippen LogP contribution < -0.4 is 10.2 Å². The molecule has 21 heavy (non-hydrogen) atoms. The van der Waals surface area contributed by atoms with E-state index in [1.165, 1.54) is 0 Å². The molecule has 0 saturated heterocycles. The molecule has 0 spiro atoms. The van der Waals surface area contributed by atoms with Crippen LogP contribution in [0.3, 0.4) is 0 Å². The summed E-state index contributed by atoms with van der Waals surface area (Å²) >= 11 is 6.24. The van der Waals surface area contributed by atoms with E-state index in [2.05, 4.69) is 41.2 Å². The molecule has 0 aliphatic carbocycles. The third-order valence-electron chi connectivity index (χ3n) is 3.28. The average Bonchev–Trinajstić information content (AvgIpc) is 2.49. The summed E-state index contributed by atoms with van der Waals surface area (Å²) in [5, 5.41) is 4.12. The standard InChI is InChI=1S/C17H22ClN3/c1-13(2)10-19-11-14-9-17(20-12-16(14)18)21(3)15-7-5-4-6-8-15/h4-9,12-13,19H,10-11H2,1-3H3. The summed E-state index contributed by atoms with van der Waals surface area (Å²) in [6.07, 6.45) is 1.72. The summed E-state index contributed by atoms with van der Waals surface area (Å²) in [5.41, 5.74) is 2.18. The molecule has 0 bridgehead atoms. The number of benzene rings is 1. The molecule has 0 unspecified atom stereocenters. The van der Waals surface area contributed by atoms with Gasteiger partial charge in [0.1, 0.15) is 5.82 Å². The van der Waals surface area contributed by atoms with E-state index < -0.39 is 0 Å². The van der Waals surface area contributed by atoms with Crippen molar-refractivity contribution in [1.82, 2.24) is 10.3 Å². The molecular weight excluding hydrogens is 282 g/mol. The lowest BCUT2D eigenvalue weighted by Crippen LogP contribution is -2.19. The predicted octanol–water partition coefficient (Wildman–Crippen LogP) is 4.25. The number of halogens is 1. The lowest BCUT2D eigenvalue weighted by atomic mass is 10.2. The first-order valence-electron chi connectivity index (χ1n) is 7.22. The highest BCUT2D eigenvalue weighted by molar-refractivity contribution is 6.31. The number of nitrogens with zero attached hydrogens (tertiary/aromatic N) is 2. The van der Waals surface area contributed by atoms with Gasteiger partial charge in [0.25, 0.3) is 0 Å². The van der Waals surface area contributed by atoms with E-state index in [-0.39, 0.29) is 0 Å². The van der Waals surface area contributed by atoms with Gasteiger partial charge in [-0.15, -0.1) is 0 Å². The Hall–Kier alpha value is -1.58. The van der Waals surface area contributed by atoms with E-state index in [0.717, 1.165) is 30.2 Å². The second kappa shape index (κ2) is 7.43. The van der Waals surface area contributed by atoms with E-state index in [4.69, 9.17) is 11.6 Å². The van der Waals surface area contributed by atoms with Crippen molar-refractivity contribution in [1.29, 1.82) is 0 Å². The molecule has 1 aromatic heterocycles. The zero-order chi connectivity index (χ0) is 15.2. The van der Waals surface area contributed by atoms with Crippen molar-refractivity contribution in [2.45, 2.75) is 20.4 Å². The topological polar surface area (TPSA) is 28.2 Å². The Morgan fingerprint density at radius 3 is 2.62 bits per heavy atom. The Kier molecular flexibility index (Phi) is 5.59. The first-order valence-corrected chi connectivity index (χ1v) is 7.59. The van der Waals surface area contributed by atoms with Crippen molar-refractivity contribution >= 4 is 23.1 Å². The Balaban J connectivity index is 2.14. The summed E-state index contributed by atoms with van der Waals surface area (Å²) < 4.78 is 0. The van der Waals surface area contributed by atoms with Crippen molar-refractivity contribution in [3.63, 3.8) is 0 Å². The number of pyridine rings is 1. The van der Waals surface area contributed by atoms with E-state index in [1.807, 2.05) is 31.3 Å². The molecule has 4 heteroatoms. The van der Waals surface area contributed by atoms with Crippen LogP contribution in [0.4, 0.5) is 11.5 Å². The predicted molar refractivity (Wildman–Crippen MR) is 90.3 cm³/mol. The van der Waals surface area contributed by atoms with Gasteiger partial charge in [0.05, 0.1) is 5.02 Å². The smallest absolute Gasteiger partial charge is 0.133 e. The minimum absolute atomic E-state index is 0.622. The van der Waals surface area contributed by atoms with Crippen LogP contribution in [0.25, 0.3) is 0 Å². The van der Waals surface area contributed by atoms with E-state index in [0.29, 0.717) is 10.9 Å². The molecule has 2 rings (SSSR count). The fraction of sp³-hybridized carbons (Fsp3) is 0.353. The van der Waals surface area contributed by atoms with Gasteiger partial charge in [0, 0.05) is 25.5 Å². The number of hydrogen-bond donors (Lipinski definition) is 1. The third-order valence-corrected chi connectivity index (χ3v) is 3.62. The first-order chi connectivity index (χ1) is 10.1. The van der Waals surface area contributed by atoms with Crippen LogP contribution in [-0.4, -0.2) is 18.6 Å². The maximum absolute atomic E-state index is 6.24. The lowest BCUT2D eigenvalue weighted by molar-refractivity contribution is 0.552. The highest BCUT2D eigenvalue weighted by Gasteiger charge is 2.08. The van der Waals surface area contributed by atoms with Gasteiger partial charge in [-0.25, -0.2) is 4.98 Å². The molecule has 0 amide bonds. The highest BCUT2D eigenvalue weighted by atomic mass is 35.5. The number of aromatic nitrogens is 1. The lowest BCUT2D eigenvalue weighted by Gasteiger charge is -2.19. The molecule has 1 heterocycles. The quantitative estimate of drug-likeness (QED) is 0.865. The normalized spacial score (nSPS) is 10.9. The van der Waals surface area contributed by atoms with Gasteiger partial charge >= 0.3 is 0 Å². The maximum Gasteiger partial charge on any atom is 0.133 e. The minimum atomic E-state index is 0.622. The molecule has 0 saturated carbocycles. The molecule has 3 nitrogen and oxygen atoms in total. The summed E-state index contributed by atoms with van der Waals surface area (Å²) in [7, 11) is 2.01. The third kappa shape index (κ3) is 4.45. The molecule has 112 valence electrons. The van der Waals surface area contributed by atoms with E-state index in [9.17, 15) is 0 Å². The molecular formula is C17H22ClN3. The first kappa shape index (κ1) is 15.8. The molecule has 0 atom stereocenters. The minimum Gasteiger partial charge on any atom is -0.329 e. The van der Waals surface area contributed by atoms with Crippen LogP contribution in [0.1, 0.15) is 19.4 Å². The Bertz CT molecular complexity index is 570. The summed E-state index contributed by atoms with van der Waals surface area (Å²) in [6, 6.07) is 12.2. The second-order valence-corrected chi connectivity index (χ2v) is 5.96. The SMILES string of the molecule is CC(C)CNCc1cc(N(C)c2ccccc2)ncc1Cl. The highest BCUT2D eigenvalue weighted by Crippen LogP contribution is 2.25. The van der Waals surface area contributed by atoms with Gasteiger partial charge in [0.2, 0.25) is 0 Å². The van der Waals surface area contributed by atoms with Gasteiger partial charge in [-0.1, -0.05) is 43.6 Å². The average molecular weight is 304 g/mol. The molecule has 0 aliphatic rings. The zero-order valence-corrected chi connectivity index (χ0v) is 13.6. The van der Waals surface area contributed by atoms with E-state index >= 15 is 0 Å². The number of rotatable bonds is 6. The van der Waals surface area contributed by atoms with E-state index in [1.54, 1.807) is 6.20 Å². The van der Waals surface area contributed by atoms with Crippen molar-refractivity contribution < 1.29 is 0 Å². The Labute approximate surface area is 132 Å². The number of para-hydroxylation sites is 1. The Morgan fingerprint density at radius 1 is 1.24 bits per heavy atom. The van der Waals surface area contributed by atoms with Crippen LogP contribution in [0, 0.1) is 5.92 Å².